The number of carbonyl (C=O) groups is 2. The maximum absolute atomic E-state index is 11.8. The average Bonchev–Trinajstić information content (AvgIpc) is 2.71. The van der Waals surface area contributed by atoms with Crippen molar-refractivity contribution in [2.45, 2.75) is 84.0 Å². The topological polar surface area (TPSA) is 52.6 Å². The van der Waals surface area contributed by atoms with Crippen molar-refractivity contribution in [3.63, 3.8) is 0 Å². The van der Waals surface area contributed by atoms with Gasteiger partial charge in [-0.2, -0.15) is 0 Å². The van der Waals surface area contributed by atoms with Gasteiger partial charge in [-0.05, 0) is 12.8 Å². The second-order valence-electron chi connectivity index (χ2n) is 6.86. The lowest BCUT2D eigenvalue weighted by Crippen LogP contribution is -2.25. The summed E-state index contributed by atoms with van der Waals surface area (Å²) < 4.78 is 9.30. The molecule has 0 saturated carbocycles. The van der Waals surface area contributed by atoms with Gasteiger partial charge in [0.25, 0.3) is 0 Å². The summed E-state index contributed by atoms with van der Waals surface area (Å²) in [6.07, 6.45) is 13.2. The standard InChI is InChI=1S/C24H37O4/c1-5-7-9-11-12-13-14-16-18-21(17-15-10-8-6-2)19-20-22(23(25)27-3)24(26)28-4/h21-22H,2,5-15,17H2,1,3-4H3. The maximum atomic E-state index is 11.8. The first-order chi connectivity index (χ1) is 13.6. The molecule has 0 rings (SSSR count). The number of unbranched alkanes of at least 4 members (excludes halogenated alkanes) is 9. The number of carbonyl (C=O) groups excluding carboxylic acids is 2. The van der Waals surface area contributed by atoms with Crippen molar-refractivity contribution in [2.75, 3.05) is 14.2 Å². The molecule has 157 valence electrons. The Balaban J connectivity index is 4.81. The van der Waals surface area contributed by atoms with Gasteiger partial charge in [0.2, 0.25) is 5.92 Å². The van der Waals surface area contributed by atoms with E-state index in [1.165, 1.54) is 46.3 Å². The van der Waals surface area contributed by atoms with E-state index in [2.05, 4.69) is 47.0 Å². The monoisotopic (exact) mass is 389 g/mol. The minimum atomic E-state index is -1.21. The molecule has 0 amide bonds. The first-order valence-electron chi connectivity index (χ1n) is 10.5. The van der Waals surface area contributed by atoms with Crippen LogP contribution in [0.1, 0.15) is 84.0 Å². The third kappa shape index (κ3) is 13.3. The molecular weight excluding hydrogens is 352 g/mol. The summed E-state index contributed by atoms with van der Waals surface area (Å²) >= 11 is 0. The molecule has 1 radical (unpaired) electrons. The van der Waals surface area contributed by atoms with Gasteiger partial charge in [0, 0.05) is 6.42 Å². The number of ether oxygens (including phenoxy) is 2. The number of rotatable bonds is 13. The lowest BCUT2D eigenvalue weighted by molar-refractivity contribution is -0.155. The van der Waals surface area contributed by atoms with E-state index < -0.39 is 17.9 Å². The molecule has 28 heavy (non-hydrogen) atoms. The van der Waals surface area contributed by atoms with Crippen LogP contribution in [0.5, 0.6) is 0 Å². The third-order valence-corrected chi connectivity index (χ3v) is 4.45. The summed E-state index contributed by atoms with van der Waals surface area (Å²) in [6.45, 7) is 6.07. The second kappa shape index (κ2) is 18.4. The first kappa shape index (κ1) is 26.1. The lowest BCUT2D eigenvalue weighted by atomic mass is 10.00. The molecule has 4 nitrogen and oxygen atoms in total. The molecule has 4 heteroatoms. The van der Waals surface area contributed by atoms with Crippen molar-refractivity contribution in [3.05, 3.63) is 6.92 Å². The average molecular weight is 390 g/mol. The number of hydrogen-bond donors (Lipinski definition) is 0. The predicted octanol–water partition coefficient (Wildman–Crippen LogP) is 5.11. The van der Waals surface area contributed by atoms with Gasteiger partial charge in [0.05, 0.1) is 20.1 Å². The molecule has 0 aliphatic heterocycles. The highest BCUT2D eigenvalue weighted by atomic mass is 16.5. The molecule has 0 N–H and O–H groups in total. The van der Waals surface area contributed by atoms with Crippen molar-refractivity contribution < 1.29 is 19.1 Å². The van der Waals surface area contributed by atoms with E-state index in [1.807, 2.05) is 0 Å². The Morgan fingerprint density at radius 3 is 2.04 bits per heavy atom. The summed E-state index contributed by atoms with van der Waals surface area (Å²) in [5.74, 6) is 9.42. The molecule has 0 aromatic heterocycles. The van der Waals surface area contributed by atoms with Crippen LogP contribution in [0, 0.1) is 42.4 Å². The Hall–Kier alpha value is -1.94. The predicted molar refractivity (Wildman–Crippen MR) is 113 cm³/mol. The van der Waals surface area contributed by atoms with Gasteiger partial charge in [-0.1, -0.05) is 89.4 Å². The molecule has 1 atom stereocenters. The molecular formula is C24H37O4. The zero-order valence-corrected chi connectivity index (χ0v) is 18.0. The number of methoxy groups -OCH3 is 2. The maximum Gasteiger partial charge on any atom is 0.332 e. The van der Waals surface area contributed by atoms with Gasteiger partial charge in [-0.15, -0.1) is 5.92 Å². The zero-order valence-electron chi connectivity index (χ0n) is 18.0. The molecule has 0 aliphatic carbocycles. The summed E-state index contributed by atoms with van der Waals surface area (Å²) in [5.41, 5.74) is 0. The molecule has 0 aliphatic rings. The van der Waals surface area contributed by atoms with Crippen LogP contribution in [-0.2, 0) is 19.1 Å². The van der Waals surface area contributed by atoms with Crippen molar-refractivity contribution in [1.82, 2.24) is 0 Å². The van der Waals surface area contributed by atoms with E-state index in [0.29, 0.717) is 0 Å². The second-order valence-corrected chi connectivity index (χ2v) is 6.86. The molecule has 0 bridgehead atoms. The summed E-state index contributed by atoms with van der Waals surface area (Å²) in [5, 5.41) is 0. The van der Waals surface area contributed by atoms with E-state index in [4.69, 9.17) is 0 Å². The summed E-state index contributed by atoms with van der Waals surface area (Å²) in [6, 6.07) is 0. The fourth-order valence-electron chi connectivity index (χ4n) is 2.71. The molecule has 1 unspecified atom stereocenters. The highest BCUT2D eigenvalue weighted by Gasteiger charge is 2.26. The van der Waals surface area contributed by atoms with Gasteiger partial charge in [0.15, 0.2) is 0 Å². The smallest absolute Gasteiger partial charge is 0.332 e. The Morgan fingerprint density at radius 1 is 0.821 bits per heavy atom. The molecule has 0 spiro atoms. The zero-order chi connectivity index (χ0) is 21.0. The van der Waals surface area contributed by atoms with Crippen LogP contribution in [0.2, 0.25) is 0 Å². The Kier molecular flexibility index (Phi) is 17.1. The molecule has 0 aromatic rings. The first-order valence-corrected chi connectivity index (χ1v) is 10.5. The van der Waals surface area contributed by atoms with Crippen LogP contribution in [0.3, 0.4) is 0 Å². The molecule has 0 saturated heterocycles. The Morgan fingerprint density at radius 2 is 1.43 bits per heavy atom. The quantitative estimate of drug-likeness (QED) is 0.190. The van der Waals surface area contributed by atoms with Crippen LogP contribution < -0.4 is 0 Å². The van der Waals surface area contributed by atoms with Crippen LogP contribution in [0.25, 0.3) is 0 Å². The van der Waals surface area contributed by atoms with Crippen molar-refractivity contribution in [1.29, 1.82) is 0 Å². The van der Waals surface area contributed by atoms with Crippen molar-refractivity contribution >= 4 is 11.9 Å². The molecule has 0 aromatic carbocycles. The van der Waals surface area contributed by atoms with Gasteiger partial charge < -0.3 is 9.47 Å². The van der Waals surface area contributed by atoms with Gasteiger partial charge in [-0.3, -0.25) is 9.59 Å². The fourth-order valence-corrected chi connectivity index (χ4v) is 2.71. The largest absolute Gasteiger partial charge is 0.468 e. The summed E-state index contributed by atoms with van der Waals surface area (Å²) in [4.78, 5) is 23.5. The van der Waals surface area contributed by atoms with Gasteiger partial charge in [0.1, 0.15) is 0 Å². The SMILES string of the molecule is [CH2]CCCCCC(C#CCCCCCCCC)C#CC(C(=O)OC)C(=O)OC. The van der Waals surface area contributed by atoms with E-state index in [-0.39, 0.29) is 5.92 Å². The molecule has 0 fully saturated rings. The summed E-state index contributed by atoms with van der Waals surface area (Å²) in [7, 11) is 2.47. The van der Waals surface area contributed by atoms with E-state index in [0.717, 1.165) is 44.9 Å². The lowest BCUT2D eigenvalue weighted by Gasteiger charge is -2.07. The van der Waals surface area contributed by atoms with Gasteiger partial charge in [-0.25, -0.2) is 0 Å². The third-order valence-electron chi connectivity index (χ3n) is 4.45. The minimum Gasteiger partial charge on any atom is -0.468 e. The highest BCUT2D eigenvalue weighted by Crippen LogP contribution is 2.12. The molecule has 0 heterocycles. The van der Waals surface area contributed by atoms with Crippen LogP contribution >= 0.6 is 0 Å². The number of esters is 2. The fraction of sp³-hybridized carbons (Fsp3) is 0.708. The Bertz CT molecular complexity index is 528. The highest BCUT2D eigenvalue weighted by molar-refractivity contribution is 5.98. The van der Waals surface area contributed by atoms with Crippen LogP contribution in [0.4, 0.5) is 0 Å². The van der Waals surface area contributed by atoms with E-state index >= 15 is 0 Å². The van der Waals surface area contributed by atoms with Gasteiger partial charge >= 0.3 is 11.9 Å². The normalized spacial score (nSPS) is 11.0. The van der Waals surface area contributed by atoms with Crippen molar-refractivity contribution in [3.8, 4) is 23.7 Å². The minimum absolute atomic E-state index is 0.151. The van der Waals surface area contributed by atoms with Crippen LogP contribution in [-0.4, -0.2) is 26.2 Å². The number of hydrogen-bond acceptors (Lipinski definition) is 4. The van der Waals surface area contributed by atoms with Crippen molar-refractivity contribution in [2.24, 2.45) is 11.8 Å². The Labute approximate surface area is 172 Å². The van der Waals surface area contributed by atoms with Crippen LogP contribution in [0.15, 0.2) is 0 Å². The van der Waals surface area contributed by atoms with E-state index in [9.17, 15) is 9.59 Å². The van der Waals surface area contributed by atoms with E-state index in [1.54, 1.807) is 0 Å².